The van der Waals surface area contributed by atoms with Crippen LogP contribution in [0.25, 0.3) is 28.1 Å². The molecule has 1 unspecified atom stereocenters. The van der Waals surface area contributed by atoms with E-state index in [1.807, 2.05) is 53.1 Å². The molecule has 1 saturated heterocycles. The molecule has 1 atom stereocenters. The number of nitrogens with one attached hydrogen (secondary N) is 1. The van der Waals surface area contributed by atoms with Gasteiger partial charge in [0.05, 0.1) is 5.52 Å². The summed E-state index contributed by atoms with van der Waals surface area (Å²) in [4.78, 5) is 4.76. The molecule has 6 nitrogen and oxygen atoms in total. The van der Waals surface area contributed by atoms with Crippen LogP contribution in [-0.4, -0.2) is 38.8 Å². The van der Waals surface area contributed by atoms with Gasteiger partial charge in [0.15, 0.2) is 11.5 Å². The first-order chi connectivity index (χ1) is 12.9. The number of pyridine rings is 2. The van der Waals surface area contributed by atoms with Crippen molar-refractivity contribution >= 4 is 16.6 Å². The van der Waals surface area contributed by atoms with Crippen LogP contribution in [0.5, 0.6) is 5.75 Å². The summed E-state index contributed by atoms with van der Waals surface area (Å²) in [5.74, 6) is 1.63. The maximum Gasteiger partial charge on any atom is 0.187 e. The molecule has 0 amide bonds. The minimum Gasteiger partial charge on any atom is -0.492 e. The van der Waals surface area contributed by atoms with Gasteiger partial charge in [-0.05, 0) is 55.8 Å². The highest BCUT2D eigenvalue weighted by Crippen LogP contribution is 2.24. The highest BCUT2D eigenvalue weighted by atomic mass is 16.5. The zero-order valence-corrected chi connectivity index (χ0v) is 14.3. The predicted molar refractivity (Wildman–Crippen MR) is 100 cm³/mol. The zero-order valence-electron chi connectivity index (χ0n) is 14.3. The molecular weight excluding hydrogens is 326 g/mol. The van der Waals surface area contributed by atoms with E-state index in [0.29, 0.717) is 12.6 Å². The van der Waals surface area contributed by atoms with Crippen molar-refractivity contribution in [3.63, 3.8) is 0 Å². The quantitative estimate of drug-likeness (QED) is 0.616. The summed E-state index contributed by atoms with van der Waals surface area (Å²) in [7, 11) is 0. The van der Waals surface area contributed by atoms with Crippen LogP contribution < -0.4 is 10.1 Å². The van der Waals surface area contributed by atoms with E-state index in [4.69, 9.17) is 9.72 Å². The van der Waals surface area contributed by atoms with Crippen molar-refractivity contribution < 1.29 is 4.74 Å². The van der Waals surface area contributed by atoms with E-state index >= 15 is 0 Å². The molecule has 1 fully saturated rings. The van der Waals surface area contributed by atoms with E-state index in [2.05, 4.69) is 21.6 Å². The van der Waals surface area contributed by atoms with E-state index in [1.54, 1.807) is 0 Å². The van der Waals surface area contributed by atoms with Crippen LogP contribution in [0.4, 0.5) is 0 Å². The van der Waals surface area contributed by atoms with E-state index in [1.165, 1.54) is 12.8 Å². The van der Waals surface area contributed by atoms with E-state index in [0.717, 1.165) is 40.4 Å². The van der Waals surface area contributed by atoms with Crippen LogP contribution in [0.1, 0.15) is 12.8 Å². The zero-order chi connectivity index (χ0) is 17.3. The fourth-order valence-corrected chi connectivity index (χ4v) is 3.43. The molecule has 6 heteroatoms. The van der Waals surface area contributed by atoms with Crippen molar-refractivity contribution in [3.8, 4) is 17.3 Å². The molecule has 3 aromatic heterocycles. The fraction of sp³-hybridized carbons (Fsp3) is 0.250. The number of aromatic nitrogens is 4. The van der Waals surface area contributed by atoms with Crippen LogP contribution in [0.15, 0.2) is 54.7 Å². The molecule has 0 aliphatic carbocycles. The van der Waals surface area contributed by atoms with Gasteiger partial charge in [-0.1, -0.05) is 12.1 Å². The Morgan fingerprint density at radius 2 is 2.12 bits per heavy atom. The average Bonchev–Trinajstić information content (AvgIpc) is 3.35. The summed E-state index contributed by atoms with van der Waals surface area (Å²) in [6.07, 6.45) is 4.37. The second kappa shape index (κ2) is 6.38. The Morgan fingerprint density at radius 3 is 3.04 bits per heavy atom. The Bertz CT molecular complexity index is 1070. The lowest BCUT2D eigenvalue weighted by molar-refractivity contribution is 0.277. The SMILES string of the molecule is c1ccn2c(-c3ccc4cc(OCC5CCCN5)ccc4n3)nnc2c1. The van der Waals surface area contributed by atoms with Gasteiger partial charge in [-0.25, -0.2) is 4.98 Å². The molecule has 0 radical (unpaired) electrons. The molecule has 1 aliphatic heterocycles. The summed E-state index contributed by atoms with van der Waals surface area (Å²) in [6.45, 7) is 1.80. The second-order valence-electron chi connectivity index (χ2n) is 6.61. The first-order valence-corrected chi connectivity index (χ1v) is 8.94. The fourth-order valence-electron chi connectivity index (χ4n) is 3.43. The Hall–Kier alpha value is -2.99. The summed E-state index contributed by atoms with van der Waals surface area (Å²) in [5, 5.41) is 13.0. The van der Waals surface area contributed by atoms with Crippen molar-refractivity contribution in [1.82, 2.24) is 24.9 Å². The van der Waals surface area contributed by atoms with Gasteiger partial charge in [0, 0.05) is 17.6 Å². The maximum atomic E-state index is 5.94. The van der Waals surface area contributed by atoms with Gasteiger partial charge in [-0.3, -0.25) is 4.40 Å². The molecule has 26 heavy (non-hydrogen) atoms. The van der Waals surface area contributed by atoms with Gasteiger partial charge in [0.1, 0.15) is 18.1 Å². The van der Waals surface area contributed by atoms with Crippen molar-refractivity contribution in [2.24, 2.45) is 0 Å². The third-order valence-corrected chi connectivity index (χ3v) is 4.82. The number of rotatable bonds is 4. The smallest absolute Gasteiger partial charge is 0.187 e. The summed E-state index contributed by atoms with van der Waals surface area (Å²) in [5.41, 5.74) is 2.54. The maximum absolute atomic E-state index is 5.94. The van der Waals surface area contributed by atoms with Gasteiger partial charge in [0.2, 0.25) is 0 Å². The number of fused-ring (bicyclic) bond motifs is 2. The molecule has 4 aromatic rings. The summed E-state index contributed by atoms with van der Waals surface area (Å²) in [6, 6.07) is 16.4. The van der Waals surface area contributed by atoms with E-state index < -0.39 is 0 Å². The molecule has 0 spiro atoms. The van der Waals surface area contributed by atoms with Gasteiger partial charge in [-0.2, -0.15) is 0 Å². The molecule has 0 bridgehead atoms. The molecule has 0 saturated carbocycles. The lowest BCUT2D eigenvalue weighted by Gasteiger charge is -2.12. The Labute approximate surface area is 150 Å². The lowest BCUT2D eigenvalue weighted by atomic mass is 10.2. The summed E-state index contributed by atoms with van der Waals surface area (Å²) >= 11 is 0. The molecule has 5 rings (SSSR count). The molecular formula is C20H19N5O. The van der Waals surface area contributed by atoms with Gasteiger partial charge >= 0.3 is 0 Å². The van der Waals surface area contributed by atoms with Crippen LogP contribution in [0, 0.1) is 0 Å². The number of nitrogens with zero attached hydrogens (tertiary/aromatic N) is 4. The third kappa shape index (κ3) is 2.78. The predicted octanol–water partition coefficient (Wildman–Crippen LogP) is 3.08. The normalized spacial score (nSPS) is 17.2. The van der Waals surface area contributed by atoms with Crippen molar-refractivity contribution in [2.45, 2.75) is 18.9 Å². The highest BCUT2D eigenvalue weighted by Gasteiger charge is 2.14. The monoisotopic (exact) mass is 345 g/mol. The van der Waals surface area contributed by atoms with Crippen LogP contribution in [0.3, 0.4) is 0 Å². The molecule has 1 aromatic carbocycles. The topological polar surface area (TPSA) is 64.3 Å². The highest BCUT2D eigenvalue weighted by molar-refractivity contribution is 5.82. The second-order valence-corrected chi connectivity index (χ2v) is 6.61. The number of hydrogen-bond donors (Lipinski definition) is 1. The first kappa shape index (κ1) is 15.3. The molecule has 4 heterocycles. The largest absolute Gasteiger partial charge is 0.492 e. The summed E-state index contributed by atoms with van der Waals surface area (Å²) < 4.78 is 7.89. The number of benzene rings is 1. The van der Waals surface area contributed by atoms with Gasteiger partial charge in [0.25, 0.3) is 0 Å². The third-order valence-electron chi connectivity index (χ3n) is 4.82. The minimum atomic E-state index is 0.465. The van der Waals surface area contributed by atoms with Crippen LogP contribution in [0.2, 0.25) is 0 Å². The van der Waals surface area contributed by atoms with Crippen LogP contribution >= 0.6 is 0 Å². The molecule has 1 aliphatic rings. The van der Waals surface area contributed by atoms with Crippen molar-refractivity contribution in [2.75, 3.05) is 13.2 Å². The number of hydrogen-bond acceptors (Lipinski definition) is 5. The van der Waals surface area contributed by atoms with Gasteiger partial charge < -0.3 is 10.1 Å². The standard InChI is InChI=1S/C20H19N5O/c1-2-11-25-19(5-1)23-24-20(25)18-8-6-14-12-16(7-9-17(14)22-18)26-13-15-4-3-10-21-15/h1-2,5-9,11-12,15,21H,3-4,10,13H2. The Kier molecular flexibility index (Phi) is 3.75. The molecule has 130 valence electrons. The van der Waals surface area contributed by atoms with Crippen molar-refractivity contribution in [1.29, 1.82) is 0 Å². The Balaban J connectivity index is 1.43. The minimum absolute atomic E-state index is 0.465. The first-order valence-electron chi connectivity index (χ1n) is 8.94. The average molecular weight is 345 g/mol. The van der Waals surface area contributed by atoms with Crippen LogP contribution in [-0.2, 0) is 0 Å². The Morgan fingerprint density at radius 1 is 1.12 bits per heavy atom. The van der Waals surface area contributed by atoms with Crippen molar-refractivity contribution in [3.05, 3.63) is 54.7 Å². The molecule has 1 N–H and O–H groups in total. The number of ether oxygens (including phenoxy) is 1. The van der Waals surface area contributed by atoms with Gasteiger partial charge in [-0.15, -0.1) is 10.2 Å². The van der Waals surface area contributed by atoms with E-state index in [-0.39, 0.29) is 0 Å². The van der Waals surface area contributed by atoms with E-state index in [9.17, 15) is 0 Å². The lowest BCUT2D eigenvalue weighted by Crippen LogP contribution is -2.28.